The van der Waals surface area contributed by atoms with Gasteiger partial charge in [-0.25, -0.2) is 4.79 Å². The van der Waals surface area contributed by atoms with Crippen molar-refractivity contribution in [1.82, 2.24) is 5.32 Å². The maximum atomic E-state index is 12.5. The Hall–Kier alpha value is -2.24. The van der Waals surface area contributed by atoms with Gasteiger partial charge in [-0.05, 0) is 36.8 Å². The van der Waals surface area contributed by atoms with Gasteiger partial charge in [0.05, 0.1) is 22.2 Å². The lowest BCUT2D eigenvalue weighted by Gasteiger charge is -2.18. The topological polar surface area (TPSA) is 75.6 Å². The van der Waals surface area contributed by atoms with Crippen molar-refractivity contribution in [1.29, 1.82) is 0 Å². The molecule has 0 saturated carbocycles. The molecule has 5 nitrogen and oxygen atoms in total. The molecule has 132 valence electrons. The van der Waals surface area contributed by atoms with E-state index < -0.39 is 17.9 Å². The van der Waals surface area contributed by atoms with Crippen LogP contribution in [0.15, 0.2) is 42.5 Å². The van der Waals surface area contributed by atoms with Crippen LogP contribution < -0.4 is 5.32 Å². The second-order valence-electron chi connectivity index (χ2n) is 5.25. The van der Waals surface area contributed by atoms with Crippen molar-refractivity contribution in [2.24, 2.45) is 0 Å². The smallest absolute Gasteiger partial charge is 0.328 e. The Morgan fingerprint density at radius 3 is 2.28 bits per heavy atom. The van der Waals surface area contributed by atoms with Gasteiger partial charge < -0.3 is 15.2 Å². The van der Waals surface area contributed by atoms with E-state index in [1.165, 1.54) is 12.1 Å². The van der Waals surface area contributed by atoms with Crippen LogP contribution in [-0.4, -0.2) is 29.6 Å². The van der Waals surface area contributed by atoms with Crippen LogP contribution in [-0.2, 0) is 16.0 Å². The molecule has 0 radical (unpaired) electrons. The zero-order valence-electron chi connectivity index (χ0n) is 13.5. The number of hydrogen-bond donors (Lipinski definition) is 2. The molecule has 0 unspecified atom stereocenters. The lowest BCUT2D eigenvalue weighted by atomic mass is 10.0. The van der Waals surface area contributed by atoms with Crippen LogP contribution in [0.3, 0.4) is 0 Å². The highest BCUT2D eigenvalue weighted by molar-refractivity contribution is 6.39. The molecule has 2 aromatic rings. The number of aromatic hydroxyl groups is 1. The van der Waals surface area contributed by atoms with Crippen molar-refractivity contribution >= 4 is 35.1 Å². The normalized spacial score (nSPS) is 11.6. The van der Waals surface area contributed by atoms with Gasteiger partial charge in [-0.2, -0.15) is 0 Å². The Morgan fingerprint density at radius 2 is 1.72 bits per heavy atom. The third-order valence-electron chi connectivity index (χ3n) is 3.44. The van der Waals surface area contributed by atoms with Crippen molar-refractivity contribution in [3.8, 4) is 5.75 Å². The number of ether oxygens (including phenoxy) is 1. The molecule has 0 aromatic heterocycles. The number of carbonyl (C=O) groups is 2. The summed E-state index contributed by atoms with van der Waals surface area (Å²) in [5, 5.41) is 12.4. The van der Waals surface area contributed by atoms with Crippen LogP contribution in [0.25, 0.3) is 0 Å². The molecule has 0 fully saturated rings. The molecule has 1 amide bonds. The van der Waals surface area contributed by atoms with Crippen molar-refractivity contribution in [2.45, 2.75) is 19.4 Å². The average Bonchev–Trinajstić information content (AvgIpc) is 2.56. The second-order valence-corrected chi connectivity index (χ2v) is 6.06. The van der Waals surface area contributed by atoms with Gasteiger partial charge in [-0.1, -0.05) is 41.4 Å². The first-order valence-corrected chi connectivity index (χ1v) is 8.37. The molecule has 1 atom stereocenters. The number of hydrogen-bond acceptors (Lipinski definition) is 4. The number of halogens is 2. The van der Waals surface area contributed by atoms with Crippen molar-refractivity contribution in [3.63, 3.8) is 0 Å². The zero-order chi connectivity index (χ0) is 18.4. The highest BCUT2D eigenvalue weighted by Gasteiger charge is 2.25. The van der Waals surface area contributed by atoms with Crippen LogP contribution >= 0.6 is 23.2 Å². The summed E-state index contributed by atoms with van der Waals surface area (Å²) in [4.78, 5) is 24.7. The molecule has 25 heavy (non-hydrogen) atoms. The minimum absolute atomic E-state index is 0.103. The predicted molar refractivity (Wildman–Crippen MR) is 96.2 cm³/mol. The minimum atomic E-state index is -0.913. The van der Waals surface area contributed by atoms with E-state index >= 15 is 0 Å². The molecule has 0 heterocycles. The Kier molecular flexibility index (Phi) is 6.67. The van der Waals surface area contributed by atoms with E-state index in [1.54, 1.807) is 37.3 Å². The summed E-state index contributed by atoms with van der Waals surface area (Å²) in [7, 11) is 0. The van der Waals surface area contributed by atoms with Gasteiger partial charge in [0.25, 0.3) is 5.91 Å². The summed E-state index contributed by atoms with van der Waals surface area (Å²) in [5.41, 5.74) is 0.854. The van der Waals surface area contributed by atoms with E-state index in [0.717, 1.165) is 5.56 Å². The number of rotatable bonds is 6. The van der Waals surface area contributed by atoms with E-state index in [2.05, 4.69) is 5.32 Å². The lowest BCUT2D eigenvalue weighted by Crippen LogP contribution is -2.43. The summed E-state index contributed by atoms with van der Waals surface area (Å²) in [6, 6.07) is 10.1. The monoisotopic (exact) mass is 381 g/mol. The number of benzene rings is 2. The Morgan fingerprint density at radius 1 is 1.12 bits per heavy atom. The van der Waals surface area contributed by atoms with Crippen LogP contribution in [0.4, 0.5) is 0 Å². The standard InChI is InChI=1S/C18H17Cl2NO4/c1-2-25-18(24)15(10-11-6-8-12(22)9-7-11)21-17(23)16-13(19)4-3-5-14(16)20/h3-9,15,22H,2,10H2,1H3,(H,21,23)/t15-/m0/s1. The van der Waals surface area contributed by atoms with Crippen LogP contribution in [0.2, 0.25) is 10.0 Å². The molecule has 2 aromatic carbocycles. The van der Waals surface area contributed by atoms with Gasteiger partial charge in [0.15, 0.2) is 0 Å². The maximum absolute atomic E-state index is 12.5. The SMILES string of the molecule is CCOC(=O)[C@H](Cc1ccc(O)cc1)NC(=O)c1c(Cl)cccc1Cl. The summed E-state index contributed by atoms with van der Waals surface area (Å²) in [6.07, 6.45) is 0.201. The maximum Gasteiger partial charge on any atom is 0.328 e. The fourth-order valence-electron chi connectivity index (χ4n) is 2.25. The van der Waals surface area contributed by atoms with Gasteiger partial charge in [-0.3, -0.25) is 4.79 Å². The molecule has 0 aliphatic heterocycles. The molecule has 0 spiro atoms. The molecule has 7 heteroatoms. The Labute approximate surface area is 155 Å². The lowest BCUT2D eigenvalue weighted by molar-refractivity contribution is -0.145. The van der Waals surface area contributed by atoms with Gasteiger partial charge in [0, 0.05) is 6.42 Å². The minimum Gasteiger partial charge on any atom is -0.508 e. The summed E-state index contributed by atoms with van der Waals surface area (Å²) >= 11 is 12.1. The van der Waals surface area contributed by atoms with Gasteiger partial charge in [0.1, 0.15) is 11.8 Å². The van der Waals surface area contributed by atoms with E-state index in [9.17, 15) is 14.7 Å². The van der Waals surface area contributed by atoms with Crippen molar-refractivity contribution < 1.29 is 19.4 Å². The third kappa shape index (κ3) is 5.11. The first-order valence-electron chi connectivity index (χ1n) is 7.61. The van der Waals surface area contributed by atoms with Gasteiger partial charge in [0.2, 0.25) is 0 Å². The number of esters is 1. The molecular formula is C18H17Cl2NO4. The number of carbonyl (C=O) groups excluding carboxylic acids is 2. The number of amides is 1. The zero-order valence-corrected chi connectivity index (χ0v) is 15.0. The molecule has 0 aliphatic rings. The Balaban J connectivity index is 2.22. The number of nitrogens with one attached hydrogen (secondary N) is 1. The molecule has 0 saturated heterocycles. The highest BCUT2D eigenvalue weighted by Crippen LogP contribution is 2.24. The van der Waals surface area contributed by atoms with E-state index in [-0.39, 0.29) is 34.4 Å². The van der Waals surface area contributed by atoms with Crippen LogP contribution in [0, 0.1) is 0 Å². The second kappa shape index (κ2) is 8.74. The molecule has 2 N–H and O–H groups in total. The van der Waals surface area contributed by atoms with Gasteiger partial charge in [-0.15, -0.1) is 0 Å². The van der Waals surface area contributed by atoms with Crippen LogP contribution in [0.5, 0.6) is 5.75 Å². The number of phenols is 1. The summed E-state index contributed by atoms with van der Waals surface area (Å²) in [6.45, 7) is 1.87. The number of phenolic OH excluding ortho intramolecular Hbond substituents is 1. The van der Waals surface area contributed by atoms with Gasteiger partial charge >= 0.3 is 5.97 Å². The predicted octanol–water partition coefficient (Wildman–Crippen LogP) is 3.60. The molecular weight excluding hydrogens is 365 g/mol. The molecule has 2 rings (SSSR count). The third-order valence-corrected chi connectivity index (χ3v) is 4.07. The van der Waals surface area contributed by atoms with Crippen molar-refractivity contribution in [2.75, 3.05) is 6.61 Å². The first-order chi connectivity index (χ1) is 11.9. The van der Waals surface area contributed by atoms with E-state index in [1.807, 2.05) is 0 Å². The average molecular weight is 382 g/mol. The largest absolute Gasteiger partial charge is 0.508 e. The quantitative estimate of drug-likeness (QED) is 0.749. The molecule has 0 bridgehead atoms. The van der Waals surface area contributed by atoms with Crippen molar-refractivity contribution in [3.05, 3.63) is 63.6 Å². The fourth-order valence-corrected chi connectivity index (χ4v) is 2.82. The highest BCUT2D eigenvalue weighted by atomic mass is 35.5. The fraction of sp³-hybridized carbons (Fsp3) is 0.222. The first kappa shape index (κ1) is 19.1. The Bertz CT molecular complexity index is 742. The summed E-state index contributed by atoms with van der Waals surface area (Å²) < 4.78 is 5.03. The summed E-state index contributed by atoms with van der Waals surface area (Å²) in [5.74, 6) is -1.01. The van der Waals surface area contributed by atoms with E-state index in [0.29, 0.717) is 0 Å². The molecule has 0 aliphatic carbocycles. The van der Waals surface area contributed by atoms with Crippen LogP contribution in [0.1, 0.15) is 22.8 Å². The van der Waals surface area contributed by atoms with E-state index in [4.69, 9.17) is 27.9 Å².